The molecule has 136 valence electrons. The summed E-state index contributed by atoms with van der Waals surface area (Å²) in [4.78, 5) is 12.9. The Balaban J connectivity index is 1.68. The minimum atomic E-state index is -0.0716. The Morgan fingerprint density at radius 2 is 1.43 bits per heavy atom. The van der Waals surface area contributed by atoms with Gasteiger partial charge in [0, 0.05) is 5.39 Å². The van der Waals surface area contributed by atoms with Gasteiger partial charge in [0.2, 0.25) is 0 Å². The maximum atomic E-state index is 12.9. The van der Waals surface area contributed by atoms with E-state index in [2.05, 4.69) is 0 Å². The summed E-state index contributed by atoms with van der Waals surface area (Å²) >= 11 is 0. The Kier molecular flexibility index (Phi) is 5.30. The van der Waals surface area contributed by atoms with Crippen LogP contribution in [-0.2, 0) is 6.61 Å². The third kappa shape index (κ3) is 4.02. The number of ether oxygens (including phenoxy) is 1. The topological polar surface area (TPSA) is 26.3 Å². The molecule has 0 bridgehead atoms. The molecule has 0 aliphatic carbocycles. The molecule has 0 aliphatic heterocycles. The number of carbonyl (C=O) groups excluding carboxylic acids is 1. The molecule has 0 amide bonds. The third-order valence-electron chi connectivity index (χ3n) is 4.60. The highest BCUT2D eigenvalue weighted by Gasteiger charge is 2.14. The van der Waals surface area contributed by atoms with Crippen molar-refractivity contribution in [2.75, 3.05) is 0 Å². The predicted octanol–water partition coefficient (Wildman–Crippen LogP) is 6.31. The van der Waals surface area contributed by atoms with Gasteiger partial charge in [-0.1, -0.05) is 97.1 Å². The lowest BCUT2D eigenvalue weighted by Gasteiger charge is -2.13. The molecule has 4 aromatic carbocycles. The number of rotatable bonds is 6. The van der Waals surface area contributed by atoms with Gasteiger partial charge in [0.15, 0.2) is 5.78 Å². The summed E-state index contributed by atoms with van der Waals surface area (Å²) in [5, 5.41) is 1.99. The standard InChI is InChI=1S/C26H20O2/c27-25(18-15-20-9-3-1-4-10-20)24-17-16-22-13-7-8-14-23(22)26(24)28-19-21-11-5-2-6-12-21/h1-18H,19H2/b18-15-. The van der Waals surface area contributed by atoms with Crippen LogP contribution in [0.1, 0.15) is 21.5 Å². The molecule has 0 saturated carbocycles. The van der Waals surface area contributed by atoms with E-state index in [4.69, 9.17) is 4.74 Å². The molecule has 0 unspecified atom stereocenters. The molecular formula is C26H20O2. The van der Waals surface area contributed by atoms with Crippen molar-refractivity contribution in [2.24, 2.45) is 0 Å². The molecule has 28 heavy (non-hydrogen) atoms. The second-order valence-electron chi connectivity index (χ2n) is 6.55. The zero-order chi connectivity index (χ0) is 19.2. The Hall–Kier alpha value is -3.65. The van der Waals surface area contributed by atoms with E-state index >= 15 is 0 Å². The molecule has 2 heteroatoms. The maximum absolute atomic E-state index is 12.9. The molecule has 0 radical (unpaired) electrons. The van der Waals surface area contributed by atoms with Crippen LogP contribution in [0.5, 0.6) is 5.75 Å². The van der Waals surface area contributed by atoms with Crippen molar-refractivity contribution in [3.8, 4) is 5.75 Å². The van der Waals surface area contributed by atoms with Gasteiger partial charge in [-0.3, -0.25) is 4.79 Å². The number of hydrogen-bond acceptors (Lipinski definition) is 2. The number of allylic oxidation sites excluding steroid dienone is 1. The summed E-state index contributed by atoms with van der Waals surface area (Å²) in [6.45, 7) is 0.414. The fourth-order valence-electron chi connectivity index (χ4n) is 3.15. The maximum Gasteiger partial charge on any atom is 0.189 e. The predicted molar refractivity (Wildman–Crippen MR) is 115 cm³/mol. The molecule has 0 aliphatic rings. The highest BCUT2D eigenvalue weighted by atomic mass is 16.5. The quantitative estimate of drug-likeness (QED) is 0.296. The van der Waals surface area contributed by atoms with Crippen molar-refractivity contribution in [2.45, 2.75) is 6.61 Å². The van der Waals surface area contributed by atoms with Gasteiger partial charge in [-0.25, -0.2) is 0 Å². The molecule has 4 rings (SSSR count). The molecule has 0 heterocycles. The zero-order valence-electron chi connectivity index (χ0n) is 15.4. The second-order valence-corrected chi connectivity index (χ2v) is 6.55. The van der Waals surface area contributed by atoms with Crippen molar-refractivity contribution in [1.82, 2.24) is 0 Å². The molecule has 0 saturated heterocycles. The number of ketones is 1. The normalized spacial score (nSPS) is 11.0. The van der Waals surface area contributed by atoms with Crippen molar-refractivity contribution < 1.29 is 9.53 Å². The van der Waals surface area contributed by atoms with Crippen LogP contribution in [0.3, 0.4) is 0 Å². The number of hydrogen-bond donors (Lipinski definition) is 0. The first kappa shape index (κ1) is 17.7. The molecule has 0 atom stereocenters. The first-order valence-corrected chi connectivity index (χ1v) is 9.27. The van der Waals surface area contributed by atoms with Crippen LogP contribution in [0.2, 0.25) is 0 Å². The zero-order valence-corrected chi connectivity index (χ0v) is 15.4. The second kappa shape index (κ2) is 8.36. The average Bonchev–Trinajstić information content (AvgIpc) is 2.77. The minimum absolute atomic E-state index is 0.0716. The van der Waals surface area contributed by atoms with Gasteiger partial charge in [-0.2, -0.15) is 0 Å². The summed E-state index contributed by atoms with van der Waals surface area (Å²) in [6, 6.07) is 31.6. The average molecular weight is 364 g/mol. The van der Waals surface area contributed by atoms with Gasteiger partial charge < -0.3 is 4.74 Å². The Morgan fingerprint density at radius 1 is 0.750 bits per heavy atom. The molecule has 4 aromatic rings. The van der Waals surface area contributed by atoms with E-state index in [1.807, 2.05) is 103 Å². The van der Waals surface area contributed by atoms with Crippen LogP contribution in [0.15, 0.2) is 103 Å². The van der Waals surface area contributed by atoms with Crippen molar-refractivity contribution in [3.05, 3.63) is 120 Å². The van der Waals surface area contributed by atoms with E-state index in [0.717, 1.165) is 21.9 Å². The Bertz CT molecular complexity index is 1110. The highest BCUT2D eigenvalue weighted by Crippen LogP contribution is 2.31. The van der Waals surface area contributed by atoms with Crippen LogP contribution in [0.25, 0.3) is 16.8 Å². The summed E-state index contributed by atoms with van der Waals surface area (Å²) < 4.78 is 6.15. The smallest absolute Gasteiger partial charge is 0.189 e. The summed E-state index contributed by atoms with van der Waals surface area (Å²) in [5.74, 6) is 0.558. The van der Waals surface area contributed by atoms with E-state index in [1.54, 1.807) is 6.08 Å². The lowest BCUT2D eigenvalue weighted by atomic mass is 10.0. The number of carbonyl (C=O) groups is 1. The first-order valence-electron chi connectivity index (χ1n) is 9.27. The van der Waals surface area contributed by atoms with Crippen molar-refractivity contribution in [1.29, 1.82) is 0 Å². The van der Waals surface area contributed by atoms with E-state index in [1.165, 1.54) is 0 Å². The van der Waals surface area contributed by atoms with Gasteiger partial charge in [0.05, 0.1) is 5.56 Å². The number of benzene rings is 4. The van der Waals surface area contributed by atoms with Crippen molar-refractivity contribution in [3.63, 3.8) is 0 Å². The first-order chi connectivity index (χ1) is 13.8. The van der Waals surface area contributed by atoms with Gasteiger partial charge in [-0.15, -0.1) is 0 Å². The van der Waals surface area contributed by atoms with Crippen LogP contribution in [0.4, 0.5) is 0 Å². The van der Waals surface area contributed by atoms with E-state index in [0.29, 0.717) is 17.9 Å². The lowest BCUT2D eigenvalue weighted by Crippen LogP contribution is -2.03. The fraction of sp³-hybridized carbons (Fsp3) is 0.0385. The molecule has 0 spiro atoms. The van der Waals surface area contributed by atoms with E-state index < -0.39 is 0 Å². The summed E-state index contributed by atoms with van der Waals surface area (Å²) in [7, 11) is 0. The largest absolute Gasteiger partial charge is 0.487 e. The summed E-state index contributed by atoms with van der Waals surface area (Å²) in [6.07, 6.45) is 3.44. The van der Waals surface area contributed by atoms with Crippen LogP contribution in [-0.4, -0.2) is 5.78 Å². The van der Waals surface area contributed by atoms with Crippen LogP contribution >= 0.6 is 0 Å². The monoisotopic (exact) mass is 364 g/mol. The Labute approximate surface area is 164 Å². The van der Waals surface area contributed by atoms with E-state index in [9.17, 15) is 4.79 Å². The van der Waals surface area contributed by atoms with Gasteiger partial charge in [-0.05, 0) is 28.7 Å². The van der Waals surface area contributed by atoms with Crippen LogP contribution < -0.4 is 4.74 Å². The molecule has 2 nitrogen and oxygen atoms in total. The molecule has 0 N–H and O–H groups in total. The van der Waals surface area contributed by atoms with Crippen molar-refractivity contribution >= 4 is 22.6 Å². The van der Waals surface area contributed by atoms with Gasteiger partial charge in [0.1, 0.15) is 12.4 Å². The molecular weight excluding hydrogens is 344 g/mol. The van der Waals surface area contributed by atoms with E-state index in [-0.39, 0.29) is 5.78 Å². The fourth-order valence-corrected chi connectivity index (χ4v) is 3.15. The summed E-state index contributed by atoms with van der Waals surface area (Å²) in [5.41, 5.74) is 2.62. The molecule has 0 aromatic heterocycles. The Morgan fingerprint density at radius 3 is 2.21 bits per heavy atom. The SMILES string of the molecule is O=C(/C=C\c1ccccc1)c1ccc2ccccc2c1OCc1ccccc1. The minimum Gasteiger partial charge on any atom is -0.487 e. The third-order valence-corrected chi connectivity index (χ3v) is 4.60. The number of fused-ring (bicyclic) bond motifs is 1. The van der Waals surface area contributed by atoms with Gasteiger partial charge >= 0.3 is 0 Å². The van der Waals surface area contributed by atoms with Crippen LogP contribution in [0, 0.1) is 0 Å². The highest BCUT2D eigenvalue weighted by molar-refractivity contribution is 6.12. The molecule has 0 fully saturated rings. The van der Waals surface area contributed by atoms with Gasteiger partial charge in [0.25, 0.3) is 0 Å². The lowest BCUT2D eigenvalue weighted by molar-refractivity contribution is 0.104.